The first-order valence-electron chi connectivity index (χ1n) is 11.2. The number of anilines is 1. The lowest BCUT2D eigenvalue weighted by molar-refractivity contribution is -0.124. The van der Waals surface area contributed by atoms with Crippen LogP contribution in [0.15, 0.2) is 71.2 Å². The molecule has 35 heavy (non-hydrogen) atoms. The molecule has 0 saturated heterocycles. The molecule has 8 heteroatoms. The Labute approximate surface area is 213 Å². The van der Waals surface area contributed by atoms with Gasteiger partial charge in [-0.15, -0.1) is 0 Å². The van der Waals surface area contributed by atoms with Gasteiger partial charge < -0.3 is 10.1 Å². The standard InChI is InChI=1S/C27H28BrN3O4/c1-18-8-10-23(19(2)16-18)29-25(32)12-13-26(33)30-31-27(34)21-9-11-24(22(28)17-21)35-15-14-20-6-4-3-5-7-20/h3-11,16-17H,12-15H2,1-2H3,(H,29,32)(H,30,33)(H,31,34). The summed E-state index contributed by atoms with van der Waals surface area (Å²) >= 11 is 3.42. The van der Waals surface area contributed by atoms with Gasteiger partial charge >= 0.3 is 0 Å². The predicted molar refractivity (Wildman–Crippen MR) is 139 cm³/mol. The number of hydrogen-bond donors (Lipinski definition) is 3. The molecule has 3 N–H and O–H groups in total. The molecule has 0 aliphatic rings. The molecule has 0 saturated carbocycles. The van der Waals surface area contributed by atoms with E-state index in [4.69, 9.17) is 4.74 Å². The van der Waals surface area contributed by atoms with Gasteiger partial charge in [0.1, 0.15) is 5.75 Å². The normalized spacial score (nSPS) is 10.4. The molecule has 3 aromatic rings. The second-order valence-electron chi connectivity index (χ2n) is 8.10. The second kappa shape index (κ2) is 12.7. The van der Waals surface area contributed by atoms with Gasteiger partial charge in [-0.25, -0.2) is 0 Å². The van der Waals surface area contributed by atoms with E-state index in [1.165, 1.54) is 5.56 Å². The number of benzene rings is 3. The Kier molecular flexibility index (Phi) is 9.43. The number of ether oxygens (including phenoxy) is 1. The summed E-state index contributed by atoms with van der Waals surface area (Å²) in [7, 11) is 0. The molecule has 0 aliphatic carbocycles. The molecule has 0 heterocycles. The topological polar surface area (TPSA) is 96.5 Å². The molecule has 7 nitrogen and oxygen atoms in total. The molecule has 3 aromatic carbocycles. The summed E-state index contributed by atoms with van der Waals surface area (Å²) in [6.45, 7) is 4.39. The zero-order valence-electron chi connectivity index (χ0n) is 19.7. The van der Waals surface area contributed by atoms with Crippen LogP contribution in [0, 0.1) is 13.8 Å². The number of carbonyl (C=O) groups excluding carboxylic acids is 3. The van der Waals surface area contributed by atoms with Crippen LogP contribution in [0.2, 0.25) is 0 Å². The van der Waals surface area contributed by atoms with E-state index in [0.29, 0.717) is 28.1 Å². The molecule has 182 valence electrons. The van der Waals surface area contributed by atoms with Crippen molar-refractivity contribution in [3.05, 3.63) is 93.5 Å². The monoisotopic (exact) mass is 537 g/mol. The van der Waals surface area contributed by atoms with Crippen molar-refractivity contribution in [1.82, 2.24) is 10.9 Å². The third-order valence-corrected chi connectivity index (χ3v) is 5.86. The van der Waals surface area contributed by atoms with Crippen LogP contribution in [-0.4, -0.2) is 24.3 Å². The van der Waals surface area contributed by atoms with Crippen LogP contribution >= 0.6 is 15.9 Å². The molecule has 0 aromatic heterocycles. The first-order chi connectivity index (χ1) is 16.8. The lowest BCUT2D eigenvalue weighted by Crippen LogP contribution is -2.41. The molecular formula is C27H28BrN3O4. The van der Waals surface area contributed by atoms with Crippen molar-refractivity contribution in [3.63, 3.8) is 0 Å². The third-order valence-electron chi connectivity index (χ3n) is 5.24. The summed E-state index contributed by atoms with van der Waals surface area (Å²) in [6, 6.07) is 20.7. The van der Waals surface area contributed by atoms with E-state index in [-0.39, 0.29) is 18.7 Å². The molecular weight excluding hydrogens is 510 g/mol. The van der Waals surface area contributed by atoms with Crippen LogP contribution in [0.3, 0.4) is 0 Å². The summed E-state index contributed by atoms with van der Waals surface area (Å²) < 4.78 is 6.43. The molecule has 3 rings (SSSR count). The van der Waals surface area contributed by atoms with E-state index in [1.54, 1.807) is 18.2 Å². The van der Waals surface area contributed by atoms with E-state index in [9.17, 15) is 14.4 Å². The number of halogens is 1. The zero-order chi connectivity index (χ0) is 25.2. The summed E-state index contributed by atoms with van der Waals surface area (Å²) in [4.78, 5) is 36.6. The van der Waals surface area contributed by atoms with E-state index in [0.717, 1.165) is 17.5 Å². The van der Waals surface area contributed by atoms with E-state index >= 15 is 0 Å². The van der Waals surface area contributed by atoms with Crippen molar-refractivity contribution < 1.29 is 19.1 Å². The van der Waals surface area contributed by atoms with E-state index < -0.39 is 11.8 Å². The van der Waals surface area contributed by atoms with Gasteiger partial charge in [0.2, 0.25) is 11.8 Å². The number of nitrogens with one attached hydrogen (secondary N) is 3. The summed E-state index contributed by atoms with van der Waals surface area (Å²) in [5.74, 6) is -0.592. The van der Waals surface area contributed by atoms with Gasteiger partial charge in [-0.2, -0.15) is 0 Å². The third kappa shape index (κ3) is 8.26. The Morgan fingerprint density at radius 3 is 2.31 bits per heavy atom. The average Bonchev–Trinajstić information content (AvgIpc) is 2.84. The molecule has 0 spiro atoms. The summed E-state index contributed by atoms with van der Waals surface area (Å²) in [5, 5.41) is 2.80. The van der Waals surface area contributed by atoms with Crippen molar-refractivity contribution in [1.29, 1.82) is 0 Å². The Bertz CT molecular complexity index is 1200. The van der Waals surface area contributed by atoms with Crippen molar-refractivity contribution in [2.24, 2.45) is 0 Å². The Morgan fingerprint density at radius 1 is 0.857 bits per heavy atom. The smallest absolute Gasteiger partial charge is 0.269 e. The van der Waals surface area contributed by atoms with Crippen LogP contribution in [0.4, 0.5) is 5.69 Å². The Balaban J connectivity index is 1.40. The minimum atomic E-state index is -0.477. The number of hydrogen-bond acceptors (Lipinski definition) is 4. The lowest BCUT2D eigenvalue weighted by Gasteiger charge is -2.11. The lowest BCUT2D eigenvalue weighted by atomic mass is 10.1. The van der Waals surface area contributed by atoms with Gasteiger partial charge in [0.05, 0.1) is 11.1 Å². The first kappa shape index (κ1) is 26.0. The number of hydrazine groups is 1. The van der Waals surface area contributed by atoms with Crippen molar-refractivity contribution in [3.8, 4) is 5.75 Å². The fraction of sp³-hybridized carbons (Fsp3) is 0.222. The van der Waals surface area contributed by atoms with Crippen molar-refractivity contribution in [2.45, 2.75) is 33.1 Å². The SMILES string of the molecule is Cc1ccc(NC(=O)CCC(=O)NNC(=O)c2ccc(OCCc3ccccc3)c(Br)c2)c(C)c1. The quantitative estimate of drug-likeness (QED) is 0.339. The molecule has 3 amide bonds. The molecule has 0 fully saturated rings. The summed E-state index contributed by atoms with van der Waals surface area (Å²) in [5.41, 5.74) is 9.01. The van der Waals surface area contributed by atoms with Gasteiger partial charge in [-0.3, -0.25) is 25.2 Å². The average molecular weight is 538 g/mol. The number of amides is 3. The maximum Gasteiger partial charge on any atom is 0.269 e. The largest absolute Gasteiger partial charge is 0.492 e. The van der Waals surface area contributed by atoms with Crippen LogP contribution in [0.5, 0.6) is 5.75 Å². The highest BCUT2D eigenvalue weighted by Crippen LogP contribution is 2.26. The van der Waals surface area contributed by atoms with E-state index in [1.807, 2.05) is 62.4 Å². The maximum atomic E-state index is 12.4. The van der Waals surface area contributed by atoms with Crippen LogP contribution in [-0.2, 0) is 16.0 Å². The predicted octanol–water partition coefficient (Wildman–Crippen LogP) is 4.87. The maximum absolute atomic E-state index is 12.4. The van der Waals surface area contributed by atoms with Crippen LogP contribution in [0.25, 0.3) is 0 Å². The highest BCUT2D eigenvalue weighted by molar-refractivity contribution is 9.10. The first-order valence-corrected chi connectivity index (χ1v) is 12.0. The van der Waals surface area contributed by atoms with Gasteiger partial charge in [0, 0.05) is 30.5 Å². The van der Waals surface area contributed by atoms with E-state index in [2.05, 4.69) is 32.1 Å². The fourth-order valence-corrected chi connectivity index (χ4v) is 3.83. The molecule has 0 bridgehead atoms. The highest BCUT2D eigenvalue weighted by Gasteiger charge is 2.12. The second-order valence-corrected chi connectivity index (χ2v) is 8.95. The van der Waals surface area contributed by atoms with Crippen LogP contribution < -0.4 is 20.9 Å². The fourth-order valence-electron chi connectivity index (χ4n) is 3.34. The molecule has 0 radical (unpaired) electrons. The zero-order valence-corrected chi connectivity index (χ0v) is 21.3. The Hall–Kier alpha value is -3.65. The summed E-state index contributed by atoms with van der Waals surface area (Å²) in [6.07, 6.45) is 0.703. The molecule has 0 aliphatic heterocycles. The van der Waals surface area contributed by atoms with Crippen molar-refractivity contribution in [2.75, 3.05) is 11.9 Å². The minimum Gasteiger partial charge on any atom is -0.492 e. The minimum absolute atomic E-state index is 0.00438. The van der Waals surface area contributed by atoms with Gasteiger partial charge in [-0.1, -0.05) is 48.0 Å². The van der Waals surface area contributed by atoms with Gasteiger partial charge in [-0.05, 0) is 65.2 Å². The molecule has 0 unspecified atom stereocenters. The molecule has 0 atom stereocenters. The number of aryl methyl sites for hydroxylation is 2. The number of carbonyl (C=O) groups is 3. The highest BCUT2D eigenvalue weighted by atomic mass is 79.9. The Morgan fingerprint density at radius 2 is 1.60 bits per heavy atom. The van der Waals surface area contributed by atoms with Gasteiger partial charge in [0.25, 0.3) is 5.91 Å². The van der Waals surface area contributed by atoms with Crippen LogP contribution in [0.1, 0.15) is 39.9 Å². The number of rotatable bonds is 9. The van der Waals surface area contributed by atoms with Gasteiger partial charge in [0.15, 0.2) is 0 Å². The van der Waals surface area contributed by atoms with Crippen molar-refractivity contribution >= 4 is 39.3 Å².